The number of phenolic OH excluding ortho intramolecular Hbond substituents is 2. The summed E-state index contributed by atoms with van der Waals surface area (Å²) in [6, 6.07) is 3.87. The molecule has 1 fully saturated rings. The van der Waals surface area contributed by atoms with Crippen molar-refractivity contribution in [2.24, 2.45) is 5.92 Å². The van der Waals surface area contributed by atoms with Crippen LogP contribution < -0.4 is 5.32 Å². The van der Waals surface area contributed by atoms with Crippen molar-refractivity contribution in [2.45, 2.75) is 25.4 Å². The minimum absolute atomic E-state index is 0.0806. The van der Waals surface area contributed by atoms with Gasteiger partial charge in [-0.2, -0.15) is 0 Å². The lowest BCUT2D eigenvalue weighted by molar-refractivity contribution is 0.0942. The molecule has 4 N–H and O–H groups in total. The molecule has 18 heavy (non-hydrogen) atoms. The van der Waals surface area contributed by atoms with Crippen molar-refractivity contribution in [3.63, 3.8) is 0 Å². The van der Waals surface area contributed by atoms with E-state index in [9.17, 15) is 15.0 Å². The lowest BCUT2D eigenvalue weighted by atomic mass is 10.1. The molecule has 0 aromatic heterocycles. The molecule has 0 aliphatic heterocycles. The van der Waals surface area contributed by atoms with E-state index >= 15 is 0 Å². The third kappa shape index (κ3) is 2.92. The molecule has 1 aromatic rings. The molecular formula is C13H17NO4. The molecule has 1 saturated carbocycles. The Morgan fingerprint density at radius 1 is 1.33 bits per heavy atom. The summed E-state index contributed by atoms with van der Waals surface area (Å²) in [4.78, 5) is 11.8. The molecule has 1 aliphatic rings. The van der Waals surface area contributed by atoms with Gasteiger partial charge in [-0.05, 0) is 37.3 Å². The predicted molar refractivity (Wildman–Crippen MR) is 65.5 cm³/mol. The Kier molecular flexibility index (Phi) is 3.72. The lowest BCUT2D eigenvalue weighted by Crippen LogP contribution is -2.28. The van der Waals surface area contributed by atoms with E-state index in [-0.39, 0.29) is 29.1 Å². The summed E-state index contributed by atoms with van der Waals surface area (Å²) in [5.41, 5.74) is 0.145. The van der Waals surface area contributed by atoms with Crippen LogP contribution in [-0.4, -0.2) is 33.9 Å². The fraction of sp³-hybridized carbons (Fsp3) is 0.462. The summed E-state index contributed by atoms with van der Waals surface area (Å²) in [6.45, 7) is 0.496. The summed E-state index contributed by atoms with van der Waals surface area (Å²) in [6.07, 6.45) is 2.14. The van der Waals surface area contributed by atoms with Crippen molar-refractivity contribution < 1.29 is 20.1 Å². The molecule has 0 bridgehead atoms. The molecule has 0 heterocycles. The van der Waals surface area contributed by atoms with Gasteiger partial charge in [0.05, 0.1) is 11.7 Å². The number of amides is 1. The van der Waals surface area contributed by atoms with Crippen LogP contribution in [0.4, 0.5) is 0 Å². The summed E-state index contributed by atoms with van der Waals surface area (Å²) >= 11 is 0. The first kappa shape index (κ1) is 12.7. The number of rotatable bonds is 3. The van der Waals surface area contributed by atoms with E-state index < -0.39 is 0 Å². The number of aromatic hydroxyl groups is 2. The van der Waals surface area contributed by atoms with Crippen LogP contribution in [0.2, 0.25) is 0 Å². The number of carbonyl (C=O) groups is 1. The Hall–Kier alpha value is -1.75. The van der Waals surface area contributed by atoms with E-state index in [1.807, 2.05) is 0 Å². The van der Waals surface area contributed by atoms with Crippen LogP contribution in [0.3, 0.4) is 0 Å². The number of aliphatic hydroxyl groups excluding tert-OH is 1. The Labute approximate surface area is 105 Å². The van der Waals surface area contributed by atoms with E-state index in [0.717, 1.165) is 18.9 Å². The second-order valence-electron chi connectivity index (χ2n) is 4.74. The number of hydrogen-bond acceptors (Lipinski definition) is 4. The molecule has 0 spiro atoms. The first-order valence-electron chi connectivity index (χ1n) is 6.04. The zero-order chi connectivity index (χ0) is 13.1. The molecule has 2 atom stereocenters. The van der Waals surface area contributed by atoms with Gasteiger partial charge in [0, 0.05) is 12.6 Å². The molecule has 2 unspecified atom stereocenters. The normalized spacial score (nSPS) is 22.9. The highest BCUT2D eigenvalue weighted by molar-refractivity contribution is 5.96. The molecule has 5 heteroatoms. The van der Waals surface area contributed by atoms with Crippen LogP contribution in [0.25, 0.3) is 0 Å². The van der Waals surface area contributed by atoms with E-state index in [1.165, 1.54) is 12.1 Å². The van der Waals surface area contributed by atoms with Gasteiger partial charge in [-0.15, -0.1) is 0 Å². The first-order valence-corrected chi connectivity index (χ1v) is 6.04. The van der Waals surface area contributed by atoms with Gasteiger partial charge >= 0.3 is 0 Å². The first-order chi connectivity index (χ1) is 8.56. The highest BCUT2D eigenvalue weighted by Crippen LogP contribution is 2.25. The Morgan fingerprint density at radius 2 is 2.11 bits per heavy atom. The SMILES string of the molecule is O=C(NCC1CCC(O)C1)c1ccc(O)cc1O. The van der Waals surface area contributed by atoms with Gasteiger partial charge in [0.2, 0.25) is 0 Å². The Balaban J connectivity index is 1.91. The minimum Gasteiger partial charge on any atom is -0.508 e. The number of carbonyl (C=O) groups excluding carboxylic acids is 1. The van der Waals surface area contributed by atoms with Gasteiger partial charge in [-0.3, -0.25) is 4.79 Å². The number of benzene rings is 1. The van der Waals surface area contributed by atoms with Crippen molar-refractivity contribution >= 4 is 5.91 Å². The maximum absolute atomic E-state index is 11.8. The second kappa shape index (κ2) is 5.27. The Bertz CT molecular complexity index is 447. The van der Waals surface area contributed by atoms with Crippen LogP contribution in [0.5, 0.6) is 11.5 Å². The predicted octanol–water partition coefficient (Wildman–Crippen LogP) is 0.989. The largest absolute Gasteiger partial charge is 0.508 e. The zero-order valence-corrected chi connectivity index (χ0v) is 9.97. The van der Waals surface area contributed by atoms with E-state index in [2.05, 4.69) is 5.32 Å². The minimum atomic E-state index is -0.367. The maximum Gasteiger partial charge on any atom is 0.255 e. The molecule has 2 rings (SSSR count). The maximum atomic E-state index is 11.8. The van der Waals surface area contributed by atoms with Crippen LogP contribution in [0, 0.1) is 5.92 Å². The molecule has 5 nitrogen and oxygen atoms in total. The quantitative estimate of drug-likeness (QED) is 0.645. The third-order valence-electron chi connectivity index (χ3n) is 3.29. The van der Waals surface area contributed by atoms with Crippen molar-refractivity contribution in [2.75, 3.05) is 6.54 Å². The topological polar surface area (TPSA) is 89.8 Å². The summed E-state index contributed by atoms with van der Waals surface area (Å²) in [5, 5.41) is 30.8. The van der Waals surface area contributed by atoms with Gasteiger partial charge in [0.15, 0.2) is 0 Å². The van der Waals surface area contributed by atoms with Crippen molar-refractivity contribution in [1.29, 1.82) is 0 Å². The molecule has 0 saturated heterocycles. The van der Waals surface area contributed by atoms with Crippen LogP contribution in [-0.2, 0) is 0 Å². The molecular weight excluding hydrogens is 234 g/mol. The molecule has 1 amide bonds. The van der Waals surface area contributed by atoms with Gasteiger partial charge in [-0.1, -0.05) is 0 Å². The molecule has 0 radical (unpaired) electrons. The highest BCUT2D eigenvalue weighted by Gasteiger charge is 2.23. The average molecular weight is 251 g/mol. The van der Waals surface area contributed by atoms with Gasteiger partial charge in [0.25, 0.3) is 5.91 Å². The van der Waals surface area contributed by atoms with Crippen molar-refractivity contribution in [3.05, 3.63) is 23.8 Å². The second-order valence-corrected chi connectivity index (χ2v) is 4.74. The fourth-order valence-corrected chi connectivity index (χ4v) is 2.28. The standard InChI is InChI=1S/C13H17NO4/c15-9-2-1-8(5-9)7-14-13(18)11-4-3-10(16)6-12(11)17/h3-4,6,8-9,15-17H,1-2,5,7H2,(H,14,18). The summed E-state index contributed by atoms with van der Waals surface area (Å²) in [5.74, 6) is -0.390. The van der Waals surface area contributed by atoms with Crippen molar-refractivity contribution in [1.82, 2.24) is 5.32 Å². The molecule has 98 valence electrons. The smallest absolute Gasteiger partial charge is 0.255 e. The van der Waals surface area contributed by atoms with Crippen LogP contribution in [0.15, 0.2) is 18.2 Å². The van der Waals surface area contributed by atoms with Gasteiger partial charge in [0.1, 0.15) is 11.5 Å². The van der Waals surface area contributed by atoms with E-state index in [4.69, 9.17) is 5.11 Å². The monoisotopic (exact) mass is 251 g/mol. The van der Waals surface area contributed by atoms with Crippen molar-refractivity contribution in [3.8, 4) is 11.5 Å². The molecule has 1 aromatic carbocycles. The van der Waals surface area contributed by atoms with Crippen LogP contribution >= 0.6 is 0 Å². The number of nitrogens with one attached hydrogen (secondary N) is 1. The average Bonchev–Trinajstić information content (AvgIpc) is 2.72. The Morgan fingerprint density at radius 3 is 2.72 bits per heavy atom. The van der Waals surface area contributed by atoms with E-state index in [1.54, 1.807) is 0 Å². The molecule has 1 aliphatic carbocycles. The zero-order valence-electron chi connectivity index (χ0n) is 9.97. The van der Waals surface area contributed by atoms with E-state index in [0.29, 0.717) is 18.9 Å². The third-order valence-corrected chi connectivity index (χ3v) is 3.29. The number of phenols is 2. The highest BCUT2D eigenvalue weighted by atomic mass is 16.3. The summed E-state index contributed by atoms with van der Waals surface area (Å²) in [7, 11) is 0. The summed E-state index contributed by atoms with van der Waals surface area (Å²) < 4.78 is 0. The van der Waals surface area contributed by atoms with Gasteiger partial charge < -0.3 is 20.6 Å². The lowest BCUT2D eigenvalue weighted by Gasteiger charge is -2.11. The number of aliphatic hydroxyl groups is 1. The number of hydrogen-bond donors (Lipinski definition) is 4. The van der Waals surface area contributed by atoms with Crippen LogP contribution in [0.1, 0.15) is 29.6 Å². The van der Waals surface area contributed by atoms with Gasteiger partial charge in [-0.25, -0.2) is 0 Å². The fourth-order valence-electron chi connectivity index (χ4n) is 2.28.